The zero-order valence-corrected chi connectivity index (χ0v) is 26.8. The Kier molecular flexibility index (Phi) is 9.73. The van der Waals surface area contributed by atoms with Gasteiger partial charge in [-0.15, -0.1) is 23.5 Å². The molecule has 4 aromatic carbocycles. The summed E-state index contributed by atoms with van der Waals surface area (Å²) in [5.74, 6) is 0. The lowest BCUT2D eigenvalue weighted by atomic mass is 9.78. The predicted octanol–water partition coefficient (Wildman–Crippen LogP) is 11.3. The molecule has 0 atom stereocenters. The van der Waals surface area contributed by atoms with Crippen molar-refractivity contribution in [2.24, 2.45) is 0 Å². The second-order valence-electron chi connectivity index (χ2n) is 11.1. The van der Waals surface area contributed by atoms with E-state index < -0.39 is 0 Å². The van der Waals surface area contributed by atoms with Crippen molar-refractivity contribution >= 4 is 47.0 Å². The molecule has 0 unspecified atom stereocenters. The Hall–Kier alpha value is -1.72. The molecule has 0 heterocycles. The number of hydrogen-bond acceptors (Lipinski definition) is 4. The third-order valence-corrected chi connectivity index (χ3v) is 10.2. The Bertz CT molecular complexity index is 1270. The van der Waals surface area contributed by atoms with Gasteiger partial charge in [-0.3, -0.25) is 0 Å². The van der Waals surface area contributed by atoms with Gasteiger partial charge in [-0.05, 0) is 95.0 Å². The molecule has 198 valence electrons. The van der Waals surface area contributed by atoms with E-state index in [1.165, 1.54) is 46.1 Å². The van der Waals surface area contributed by atoms with Gasteiger partial charge in [0.25, 0.3) is 0 Å². The van der Waals surface area contributed by atoms with Gasteiger partial charge in [0.1, 0.15) is 0 Å². The van der Waals surface area contributed by atoms with Crippen LogP contribution in [0, 0.1) is 0 Å². The fourth-order valence-corrected chi connectivity index (χ4v) is 9.26. The molecule has 0 nitrogen and oxygen atoms in total. The van der Waals surface area contributed by atoms with Gasteiger partial charge in [0.05, 0.1) is 0 Å². The van der Waals surface area contributed by atoms with Crippen molar-refractivity contribution in [3.05, 3.63) is 108 Å². The second kappa shape index (κ2) is 12.6. The third kappa shape index (κ3) is 7.07. The average molecular weight is 575 g/mol. The maximum absolute atomic E-state index is 2.45. The lowest BCUT2D eigenvalue weighted by Gasteiger charge is -2.32. The lowest BCUT2D eigenvalue weighted by molar-refractivity contribution is 0.499. The summed E-state index contributed by atoms with van der Waals surface area (Å²) in [5, 5.41) is 0. The average Bonchev–Trinajstić information content (AvgIpc) is 2.88. The third-order valence-electron chi connectivity index (χ3n) is 6.57. The molecular formula is C34H38S4. The van der Waals surface area contributed by atoms with Crippen LogP contribution in [-0.4, -0.2) is 12.5 Å². The van der Waals surface area contributed by atoms with Crippen molar-refractivity contribution in [1.82, 2.24) is 0 Å². The molecule has 0 fully saturated rings. The standard InChI is InChI=1S/C34H38S4/c1-33(2,3)31-29(35-6)21-24(22-30(31)36-7)23-34(4,5)32-27(37-25-15-10-8-11-16-25)19-14-20-28(32)38-26-17-12-9-13-18-26/h8-22H,23H2,1-7H3. The fraction of sp³-hybridized carbons (Fsp3) is 0.294. The van der Waals surface area contributed by atoms with E-state index in [2.05, 4.69) is 138 Å². The van der Waals surface area contributed by atoms with Crippen LogP contribution >= 0.6 is 47.0 Å². The first-order chi connectivity index (χ1) is 18.1. The summed E-state index contributed by atoms with van der Waals surface area (Å²) in [6.45, 7) is 11.8. The minimum atomic E-state index is -0.0654. The van der Waals surface area contributed by atoms with Gasteiger partial charge in [-0.2, -0.15) is 0 Å². The van der Waals surface area contributed by atoms with Crippen molar-refractivity contribution in [3.8, 4) is 0 Å². The summed E-state index contributed by atoms with van der Waals surface area (Å²) < 4.78 is 0. The molecule has 0 aliphatic carbocycles. The Morgan fingerprint density at radius 3 is 1.37 bits per heavy atom. The van der Waals surface area contributed by atoms with Gasteiger partial charge >= 0.3 is 0 Å². The first kappa shape index (κ1) is 29.3. The molecule has 0 aromatic heterocycles. The summed E-state index contributed by atoms with van der Waals surface area (Å²) in [7, 11) is 0. The highest BCUT2D eigenvalue weighted by Crippen LogP contribution is 2.46. The van der Waals surface area contributed by atoms with Gasteiger partial charge in [-0.1, -0.05) is 101 Å². The van der Waals surface area contributed by atoms with Crippen LogP contribution in [0.25, 0.3) is 0 Å². The molecule has 0 amide bonds. The van der Waals surface area contributed by atoms with E-state index in [0.717, 1.165) is 6.42 Å². The smallest absolute Gasteiger partial charge is 0.0171 e. The van der Waals surface area contributed by atoms with Crippen molar-refractivity contribution in [2.45, 2.75) is 81.2 Å². The summed E-state index contributed by atoms with van der Waals surface area (Å²) in [4.78, 5) is 8.03. The topological polar surface area (TPSA) is 0 Å². The fourth-order valence-electron chi connectivity index (χ4n) is 4.99. The van der Waals surface area contributed by atoms with Gasteiger partial charge in [-0.25, -0.2) is 0 Å². The Balaban J connectivity index is 1.81. The van der Waals surface area contributed by atoms with Gasteiger partial charge in [0.15, 0.2) is 0 Å². The minimum Gasteiger partial charge on any atom is -0.129 e. The molecule has 4 heteroatoms. The number of benzene rings is 4. The van der Waals surface area contributed by atoms with Crippen LogP contribution in [-0.2, 0) is 17.3 Å². The van der Waals surface area contributed by atoms with Crippen molar-refractivity contribution < 1.29 is 0 Å². The van der Waals surface area contributed by atoms with Crippen LogP contribution in [0.5, 0.6) is 0 Å². The van der Waals surface area contributed by atoms with Gasteiger partial charge in [0.2, 0.25) is 0 Å². The maximum Gasteiger partial charge on any atom is 0.0171 e. The largest absolute Gasteiger partial charge is 0.129 e. The summed E-state index contributed by atoms with van der Waals surface area (Å²) >= 11 is 7.50. The maximum atomic E-state index is 2.45. The Morgan fingerprint density at radius 2 is 0.974 bits per heavy atom. The molecule has 0 aliphatic heterocycles. The monoisotopic (exact) mass is 574 g/mol. The molecule has 0 aliphatic rings. The number of thioether (sulfide) groups is 2. The zero-order chi connectivity index (χ0) is 27.3. The van der Waals surface area contributed by atoms with E-state index in [4.69, 9.17) is 0 Å². The van der Waals surface area contributed by atoms with Gasteiger partial charge in [0, 0.05) is 29.4 Å². The molecule has 0 bridgehead atoms. The molecule has 38 heavy (non-hydrogen) atoms. The summed E-state index contributed by atoms with van der Waals surface area (Å²) in [6, 6.07) is 33.2. The highest BCUT2D eigenvalue weighted by molar-refractivity contribution is 8.00. The van der Waals surface area contributed by atoms with E-state index in [1.807, 2.05) is 47.0 Å². The quantitative estimate of drug-likeness (QED) is 0.182. The van der Waals surface area contributed by atoms with Crippen LogP contribution in [0.15, 0.2) is 120 Å². The van der Waals surface area contributed by atoms with Gasteiger partial charge < -0.3 is 0 Å². The Morgan fingerprint density at radius 1 is 0.526 bits per heavy atom. The second-order valence-corrected chi connectivity index (χ2v) is 15.1. The van der Waals surface area contributed by atoms with Crippen LogP contribution in [0.2, 0.25) is 0 Å². The first-order valence-corrected chi connectivity index (χ1v) is 17.1. The van der Waals surface area contributed by atoms with Crippen LogP contribution < -0.4 is 0 Å². The SMILES string of the molecule is CSc1cc(CC(C)(C)c2c(Sc3ccccc3)cccc2Sc2ccccc2)cc(SC)c1C(C)(C)C. The lowest BCUT2D eigenvalue weighted by Crippen LogP contribution is -2.23. The summed E-state index contributed by atoms with van der Waals surface area (Å²) in [5.41, 5.74) is 4.36. The van der Waals surface area contributed by atoms with E-state index in [9.17, 15) is 0 Å². The normalized spacial score (nSPS) is 12.1. The highest BCUT2D eigenvalue weighted by atomic mass is 32.2. The molecule has 0 spiro atoms. The van der Waals surface area contributed by atoms with Crippen molar-refractivity contribution in [3.63, 3.8) is 0 Å². The molecule has 0 saturated carbocycles. The molecule has 0 saturated heterocycles. The van der Waals surface area contributed by atoms with E-state index in [-0.39, 0.29) is 10.8 Å². The number of hydrogen-bond donors (Lipinski definition) is 0. The van der Waals surface area contributed by atoms with E-state index >= 15 is 0 Å². The van der Waals surface area contributed by atoms with Crippen LogP contribution in [0.1, 0.15) is 51.3 Å². The molecule has 0 N–H and O–H groups in total. The van der Waals surface area contributed by atoms with Crippen molar-refractivity contribution in [1.29, 1.82) is 0 Å². The van der Waals surface area contributed by atoms with Crippen molar-refractivity contribution in [2.75, 3.05) is 12.5 Å². The molecule has 4 aromatic rings. The minimum absolute atomic E-state index is 0.0654. The van der Waals surface area contributed by atoms with E-state index in [1.54, 1.807) is 0 Å². The summed E-state index contributed by atoms with van der Waals surface area (Å²) in [6.07, 6.45) is 5.40. The molecule has 0 radical (unpaired) electrons. The zero-order valence-electron chi connectivity index (χ0n) is 23.5. The van der Waals surface area contributed by atoms with Crippen LogP contribution in [0.3, 0.4) is 0 Å². The van der Waals surface area contributed by atoms with E-state index in [0.29, 0.717) is 0 Å². The first-order valence-electron chi connectivity index (χ1n) is 13.0. The Labute approximate surface area is 247 Å². The van der Waals surface area contributed by atoms with Crippen LogP contribution in [0.4, 0.5) is 0 Å². The molecule has 4 rings (SSSR count). The predicted molar refractivity (Wildman–Crippen MR) is 173 cm³/mol. The number of rotatable bonds is 9. The highest BCUT2D eigenvalue weighted by Gasteiger charge is 2.30. The molecular weight excluding hydrogens is 537 g/mol.